The smallest absolute Gasteiger partial charge is 0.0314 e. The van der Waals surface area contributed by atoms with Gasteiger partial charge in [0.1, 0.15) is 0 Å². The minimum Gasteiger partial charge on any atom is -0.399 e. The molecule has 2 rings (SSSR count). The molecular weight excluding hydrogens is 290 g/mol. The van der Waals surface area contributed by atoms with Crippen LogP contribution in [-0.2, 0) is 0 Å². The molecule has 1 heteroatoms. The van der Waals surface area contributed by atoms with Crippen molar-refractivity contribution in [1.82, 2.24) is 0 Å². The Kier molecular flexibility index (Phi) is 9.31. The first-order valence-electron chi connectivity index (χ1n) is 10.6. The zero-order chi connectivity index (χ0) is 17.0. The third-order valence-electron chi connectivity index (χ3n) is 5.97. The topological polar surface area (TPSA) is 26.0 Å². The fourth-order valence-electron chi connectivity index (χ4n) is 4.30. The highest BCUT2D eigenvalue weighted by atomic mass is 14.5. The molecular formula is C23H39N. The second-order valence-electron chi connectivity index (χ2n) is 8.00. The molecule has 0 spiro atoms. The number of anilines is 1. The number of benzene rings is 1. The lowest BCUT2D eigenvalue weighted by Gasteiger charge is -2.29. The van der Waals surface area contributed by atoms with Crippen LogP contribution in [0.1, 0.15) is 108 Å². The van der Waals surface area contributed by atoms with Gasteiger partial charge in [-0.05, 0) is 55.2 Å². The molecule has 1 saturated carbocycles. The van der Waals surface area contributed by atoms with Crippen LogP contribution in [0.5, 0.6) is 0 Å². The number of nitrogens with two attached hydrogens (primary N) is 1. The maximum absolute atomic E-state index is 5.80. The molecule has 2 N–H and O–H groups in total. The van der Waals surface area contributed by atoms with Gasteiger partial charge < -0.3 is 5.73 Å². The minimum absolute atomic E-state index is 0.782. The summed E-state index contributed by atoms with van der Waals surface area (Å²) in [5, 5.41) is 0. The monoisotopic (exact) mass is 329 g/mol. The van der Waals surface area contributed by atoms with Crippen LogP contribution >= 0.6 is 0 Å². The lowest BCUT2D eigenvalue weighted by Crippen LogP contribution is -2.13. The Bertz CT molecular complexity index is 414. The van der Waals surface area contributed by atoms with E-state index in [-0.39, 0.29) is 0 Å². The Hall–Kier alpha value is -0.980. The van der Waals surface area contributed by atoms with Gasteiger partial charge in [0.25, 0.3) is 0 Å². The summed E-state index contributed by atoms with van der Waals surface area (Å²) in [7, 11) is 0. The standard InChI is InChI=1S/C23H39N/c1-2-3-4-5-6-7-8-9-10-11-20-12-14-21(15-13-20)22-16-18-23(24)19-17-22/h16-21H,2-15,24H2,1H3. The summed E-state index contributed by atoms with van der Waals surface area (Å²) in [4.78, 5) is 0. The molecule has 0 heterocycles. The molecule has 1 aromatic rings. The molecule has 1 fully saturated rings. The van der Waals surface area contributed by atoms with Gasteiger partial charge in [-0.1, -0.05) is 83.3 Å². The zero-order valence-corrected chi connectivity index (χ0v) is 15.9. The van der Waals surface area contributed by atoms with E-state index in [0.717, 1.165) is 17.5 Å². The number of rotatable bonds is 11. The van der Waals surface area contributed by atoms with Crippen LogP contribution < -0.4 is 5.73 Å². The van der Waals surface area contributed by atoms with Crippen molar-refractivity contribution in [1.29, 1.82) is 0 Å². The average molecular weight is 330 g/mol. The molecule has 0 atom stereocenters. The maximum Gasteiger partial charge on any atom is 0.0314 e. The molecule has 0 aromatic heterocycles. The van der Waals surface area contributed by atoms with Gasteiger partial charge in [-0.15, -0.1) is 0 Å². The normalized spacial score (nSPS) is 21.0. The number of unbranched alkanes of at least 4 members (excludes halogenated alkanes) is 8. The summed E-state index contributed by atoms with van der Waals surface area (Å²) in [6, 6.07) is 8.59. The molecule has 136 valence electrons. The Morgan fingerprint density at radius 1 is 0.750 bits per heavy atom. The fourth-order valence-corrected chi connectivity index (χ4v) is 4.30. The summed E-state index contributed by atoms with van der Waals surface area (Å²) >= 11 is 0. The molecule has 0 aliphatic heterocycles. The number of nitrogen functional groups attached to an aromatic ring is 1. The maximum atomic E-state index is 5.80. The van der Waals surface area contributed by atoms with Crippen molar-refractivity contribution >= 4 is 5.69 Å². The molecule has 0 saturated heterocycles. The lowest BCUT2D eigenvalue weighted by molar-refractivity contribution is 0.302. The van der Waals surface area contributed by atoms with Crippen molar-refractivity contribution in [2.75, 3.05) is 5.73 Å². The summed E-state index contributed by atoms with van der Waals surface area (Å²) in [5.74, 6) is 1.78. The van der Waals surface area contributed by atoms with Crippen molar-refractivity contribution in [3.63, 3.8) is 0 Å². The van der Waals surface area contributed by atoms with Crippen LogP contribution in [0.15, 0.2) is 24.3 Å². The van der Waals surface area contributed by atoms with Gasteiger partial charge in [-0.2, -0.15) is 0 Å². The highest BCUT2D eigenvalue weighted by Gasteiger charge is 2.21. The van der Waals surface area contributed by atoms with E-state index >= 15 is 0 Å². The highest BCUT2D eigenvalue weighted by molar-refractivity contribution is 5.40. The van der Waals surface area contributed by atoms with E-state index in [1.807, 2.05) is 0 Å². The van der Waals surface area contributed by atoms with Crippen molar-refractivity contribution in [2.45, 2.75) is 103 Å². The van der Waals surface area contributed by atoms with Crippen molar-refractivity contribution in [3.8, 4) is 0 Å². The average Bonchev–Trinajstić information content (AvgIpc) is 2.62. The first kappa shape index (κ1) is 19.3. The van der Waals surface area contributed by atoms with E-state index in [0.29, 0.717) is 0 Å². The van der Waals surface area contributed by atoms with E-state index in [1.165, 1.54) is 95.5 Å². The molecule has 1 aromatic carbocycles. The van der Waals surface area contributed by atoms with Crippen molar-refractivity contribution in [2.24, 2.45) is 5.92 Å². The van der Waals surface area contributed by atoms with Gasteiger partial charge in [0.15, 0.2) is 0 Å². The van der Waals surface area contributed by atoms with E-state index in [9.17, 15) is 0 Å². The number of hydrogen-bond acceptors (Lipinski definition) is 1. The van der Waals surface area contributed by atoms with Gasteiger partial charge in [0.05, 0.1) is 0 Å². The Morgan fingerprint density at radius 2 is 1.29 bits per heavy atom. The third kappa shape index (κ3) is 7.28. The Morgan fingerprint density at radius 3 is 1.88 bits per heavy atom. The summed E-state index contributed by atoms with van der Waals surface area (Å²) in [6.07, 6.45) is 20.1. The van der Waals surface area contributed by atoms with Crippen LogP contribution in [-0.4, -0.2) is 0 Å². The van der Waals surface area contributed by atoms with Crippen LogP contribution in [0.4, 0.5) is 5.69 Å². The molecule has 1 aliphatic carbocycles. The van der Waals surface area contributed by atoms with E-state index in [4.69, 9.17) is 5.73 Å². The van der Waals surface area contributed by atoms with Gasteiger partial charge in [-0.3, -0.25) is 0 Å². The van der Waals surface area contributed by atoms with Gasteiger partial charge >= 0.3 is 0 Å². The quantitative estimate of drug-likeness (QED) is 0.331. The summed E-state index contributed by atoms with van der Waals surface area (Å²) in [6.45, 7) is 2.29. The van der Waals surface area contributed by atoms with Crippen molar-refractivity contribution in [3.05, 3.63) is 29.8 Å². The third-order valence-corrected chi connectivity index (χ3v) is 5.97. The fraction of sp³-hybridized carbons (Fsp3) is 0.739. The van der Waals surface area contributed by atoms with E-state index < -0.39 is 0 Å². The first-order valence-corrected chi connectivity index (χ1v) is 10.6. The number of hydrogen-bond donors (Lipinski definition) is 1. The van der Waals surface area contributed by atoms with Crippen LogP contribution in [0.25, 0.3) is 0 Å². The molecule has 0 radical (unpaired) electrons. The first-order chi connectivity index (χ1) is 11.8. The van der Waals surface area contributed by atoms with E-state index in [1.54, 1.807) is 0 Å². The highest BCUT2D eigenvalue weighted by Crippen LogP contribution is 2.37. The predicted octanol–water partition coefficient (Wildman–Crippen LogP) is 7.46. The lowest BCUT2D eigenvalue weighted by atomic mass is 9.77. The predicted molar refractivity (Wildman–Crippen MR) is 107 cm³/mol. The van der Waals surface area contributed by atoms with E-state index in [2.05, 4.69) is 31.2 Å². The van der Waals surface area contributed by atoms with Crippen LogP contribution in [0.3, 0.4) is 0 Å². The molecule has 0 amide bonds. The summed E-state index contributed by atoms with van der Waals surface area (Å²) in [5.41, 5.74) is 8.19. The van der Waals surface area contributed by atoms with Gasteiger partial charge in [0.2, 0.25) is 0 Å². The summed E-state index contributed by atoms with van der Waals surface area (Å²) < 4.78 is 0. The van der Waals surface area contributed by atoms with Gasteiger partial charge in [0, 0.05) is 5.69 Å². The Labute approximate surface area is 150 Å². The van der Waals surface area contributed by atoms with Crippen molar-refractivity contribution < 1.29 is 0 Å². The zero-order valence-electron chi connectivity index (χ0n) is 15.9. The molecule has 0 unspecified atom stereocenters. The SMILES string of the molecule is CCCCCCCCCCCC1CCC(c2ccc(N)cc2)CC1. The van der Waals surface area contributed by atoms with Crippen LogP contribution in [0.2, 0.25) is 0 Å². The molecule has 24 heavy (non-hydrogen) atoms. The van der Waals surface area contributed by atoms with Crippen LogP contribution in [0, 0.1) is 5.92 Å². The second kappa shape index (κ2) is 11.6. The second-order valence-corrected chi connectivity index (χ2v) is 8.00. The largest absolute Gasteiger partial charge is 0.399 e. The minimum atomic E-state index is 0.782. The molecule has 0 bridgehead atoms. The Balaban J connectivity index is 1.49. The van der Waals surface area contributed by atoms with Gasteiger partial charge in [-0.25, -0.2) is 0 Å². The molecule has 1 nitrogen and oxygen atoms in total. The molecule has 1 aliphatic rings.